The molecule has 0 aromatic heterocycles. The van der Waals surface area contributed by atoms with Gasteiger partial charge in [-0.1, -0.05) is 48.5 Å². The third-order valence-corrected chi connectivity index (χ3v) is 7.38. The van der Waals surface area contributed by atoms with Crippen LogP contribution in [0.25, 0.3) is 0 Å². The SMILES string of the molecule is O=C(NCCNC(=O)C1CCCCC1)c1cccc(NS(=O)(=O)c2ccc(Cl)c(Cl)c2)c1. The number of amides is 2. The van der Waals surface area contributed by atoms with Crippen LogP contribution < -0.4 is 15.4 Å². The predicted octanol–water partition coefficient (Wildman–Crippen LogP) is 4.22. The second-order valence-corrected chi connectivity index (χ2v) is 10.1. The number of rotatable bonds is 8. The highest BCUT2D eigenvalue weighted by Crippen LogP contribution is 2.26. The van der Waals surface area contributed by atoms with E-state index in [0.717, 1.165) is 25.7 Å². The Bertz CT molecular complexity index is 1090. The number of hydrogen-bond acceptors (Lipinski definition) is 4. The monoisotopic (exact) mass is 497 g/mol. The zero-order valence-electron chi connectivity index (χ0n) is 17.4. The average molecular weight is 498 g/mol. The molecule has 32 heavy (non-hydrogen) atoms. The van der Waals surface area contributed by atoms with Crippen molar-refractivity contribution in [3.05, 3.63) is 58.1 Å². The molecule has 1 fully saturated rings. The van der Waals surface area contributed by atoms with Crippen molar-refractivity contribution in [2.75, 3.05) is 17.8 Å². The lowest BCUT2D eigenvalue weighted by atomic mass is 9.89. The summed E-state index contributed by atoms with van der Waals surface area (Å²) in [5.74, 6) is -0.259. The van der Waals surface area contributed by atoms with Crippen LogP contribution in [0.5, 0.6) is 0 Å². The molecule has 1 aliphatic carbocycles. The third-order valence-electron chi connectivity index (χ3n) is 5.26. The first-order chi connectivity index (χ1) is 15.3. The largest absolute Gasteiger partial charge is 0.354 e. The molecule has 0 spiro atoms. The normalized spacial score (nSPS) is 14.6. The molecular weight excluding hydrogens is 473 g/mol. The van der Waals surface area contributed by atoms with Gasteiger partial charge in [-0.2, -0.15) is 0 Å². The van der Waals surface area contributed by atoms with Gasteiger partial charge < -0.3 is 10.6 Å². The summed E-state index contributed by atoms with van der Waals surface area (Å²) in [6.07, 6.45) is 5.19. The highest BCUT2D eigenvalue weighted by Gasteiger charge is 2.20. The molecule has 2 aromatic carbocycles. The Morgan fingerprint density at radius 3 is 2.34 bits per heavy atom. The maximum absolute atomic E-state index is 12.6. The Hall–Kier alpha value is -2.29. The molecular formula is C22H25Cl2N3O4S. The third kappa shape index (κ3) is 6.60. The zero-order valence-corrected chi connectivity index (χ0v) is 19.7. The Kier molecular flexibility index (Phi) is 8.39. The molecule has 172 valence electrons. The molecule has 1 saturated carbocycles. The molecule has 2 amide bonds. The average Bonchev–Trinajstić information content (AvgIpc) is 2.78. The standard InChI is InChI=1S/C22H25Cl2N3O4S/c23-19-10-9-18(14-20(19)24)32(30,31)27-17-8-4-7-16(13-17)22(29)26-12-11-25-21(28)15-5-2-1-3-6-15/h4,7-10,13-15,27H,1-3,5-6,11-12H2,(H,25,28)(H,26,29). The van der Waals surface area contributed by atoms with Crippen LogP contribution in [0.4, 0.5) is 5.69 Å². The van der Waals surface area contributed by atoms with Gasteiger partial charge in [0.25, 0.3) is 15.9 Å². The summed E-state index contributed by atoms with van der Waals surface area (Å²) in [7, 11) is -3.91. The van der Waals surface area contributed by atoms with E-state index >= 15 is 0 Å². The van der Waals surface area contributed by atoms with Crippen LogP contribution >= 0.6 is 23.2 Å². The molecule has 0 atom stereocenters. The first kappa shape index (κ1) is 24.4. The number of carbonyl (C=O) groups excluding carboxylic acids is 2. The minimum Gasteiger partial charge on any atom is -0.354 e. The molecule has 2 aromatic rings. The van der Waals surface area contributed by atoms with Crippen LogP contribution in [0.1, 0.15) is 42.5 Å². The van der Waals surface area contributed by atoms with Gasteiger partial charge in [0.15, 0.2) is 0 Å². The summed E-state index contributed by atoms with van der Waals surface area (Å²) in [4.78, 5) is 24.5. The van der Waals surface area contributed by atoms with E-state index in [0.29, 0.717) is 6.54 Å². The van der Waals surface area contributed by atoms with E-state index in [-0.39, 0.29) is 50.5 Å². The van der Waals surface area contributed by atoms with Crippen molar-refractivity contribution in [3.8, 4) is 0 Å². The van der Waals surface area contributed by atoms with Gasteiger partial charge in [0.05, 0.1) is 14.9 Å². The molecule has 0 saturated heterocycles. The highest BCUT2D eigenvalue weighted by atomic mass is 35.5. The summed E-state index contributed by atoms with van der Waals surface area (Å²) in [5, 5.41) is 5.97. The van der Waals surface area contributed by atoms with E-state index in [1.54, 1.807) is 12.1 Å². The number of sulfonamides is 1. The lowest BCUT2D eigenvalue weighted by Gasteiger charge is -2.20. The zero-order chi connectivity index (χ0) is 23.1. The number of benzene rings is 2. The van der Waals surface area contributed by atoms with Gasteiger partial charge >= 0.3 is 0 Å². The smallest absolute Gasteiger partial charge is 0.261 e. The van der Waals surface area contributed by atoms with Crippen molar-refractivity contribution >= 4 is 50.7 Å². The Morgan fingerprint density at radius 1 is 0.906 bits per heavy atom. The first-order valence-electron chi connectivity index (χ1n) is 10.4. The minimum atomic E-state index is -3.91. The maximum Gasteiger partial charge on any atom is 0.261 e. The van der Waals surface area contributed by atoms with E-state index in [1.807, 2.05) is 0 Å². The number of anilines is 1. The second-order valence-electron chi connectivity index (χ2n) is 7.64. The van der Waals surface area contributed by atoms with Crippen molar-refractivity contribution in [2.24, 2.45) is 5.92 Å². The van der Waals surface area contributed by atoms with Gasteiger partial charge in [-0.25, -0.2) is 8.42 Å². The fourth-order valence-corrected chi connectivity index (χ4v) is 4.99. The summed E-state index contributed by atoms with van der Waals surface area (Å²) in [5.41, 5.74) is 0.521. The molecule has 7 nitrogen and oxygen atoms in total. The van der Waals surface area contributed by atoms with E-state index in [2.05, 4.69) is 15.4 Å². The molecule has 3 N–H and O–H groups in total. The van der Waals surface area contributed by atoms with Crippen molar-refractivity contribution < 1.29 is 18.0 Å². The van der Waals surface area contributed by atoms with E-state index in [4.69, 9.17) is 23.2 Å². The Balaban J connectivity index is 1.53. The van der Waals surface area contributed by atoms with Gasteiger partial charge in [-0.05, 0) is 49.2 Å². The van der Waals surface area contributed by atoms with E-state index in [1.165, 1.54) is 36.8 Å². The van der Waals surface area contributed by atoms with Gasteiger partial charge in [0.2, 0.25) is 5.91 Å². The van der Waals surface area contributed by atoms with Crippen molar-refractivity contribution in [1.82, 2.24) is 10.6 Å². The fraction of sp³-hybridized carbons (Fsp3) is 0.364. The lowest BCUT2D eigenvalue weighted by Crippen LogP contribution is -2.38. The summed E-state index contributed by atoms with van der Waals surface area (Å²) >= 11 is 11.8. The van der Waals surface area contributed by atoms with Crippen LogP contribution in [-0.2, 0) is 14.8 Å². The number of halogens is 2. The number of hydrogen-bond donors (Lipinski definition) is 3. The Labute approximate surface area is 197 Å². The molecule has 0 radical (unpaired) electrons. The Morgan fingerprint density at radius 2 is 1.62 bits per heavy atom. The van der Waals surface area contributed by atoms with Crippen LogP contribution in [0.3, 0.4) is 0 Å². The molecule has 3 rings (SSSR count). The van der Waals surface area contributed by atoms with Gasteiger partial charge in [-0.3, -0.25) is 14.3 Å². The van der Waals surface area contributed by atoms with Gasteiger partial charge in [-0.15, -0.1) is 0 Å². The van der Waals surface area contributed by atoms with Crippen LogP contribution in [0.15, 0.2) is 47.4 Å². The predicted molar refractivity (Wildman–Crippen MR) is 126 cm³/mol. The summed E-state index contributed by atoms with van der Waals surface area (Å²) in [6, 6.07) is 10.1. The molecule has 0 unspecified atom stereocenters. The summed E-state index contributed by atoms with van der Waals surface area (Å²) < 4.78 is 27.6. The van der Waals surface area contributed by atoms with Crippen molar-refractivity contribution in [3.63, 3.8) is 0 Å². The number of nitrogens with one attached hydrogen (secondary N) is 3. The van der Waals surface area contributed by atoms with Gasteiger partial charge in [0.1, 0.15) is 0 Å². The molecule has 10 heteroatoms. The van der Waals surface area contributed by atoms with E-state index in [9.17, 15) is 18.0 Å². The topological polar surface area (TPSA) is 104 Å². The highest BCUT2D eigenvalue weighted by molar-refractivity contribution is 7.92. The van der Waals surface area contributed by atoms with Crippen LogP contribution in [-0.4, -0.2) is 33.3 Å². The fourth-order valence-electron chi connectivity index (χ4n) is 3.55. The molecule has 1 aliphatic rings. The van der Waals surface area contributed by atoms with Gasteiger partial charge in [0, 0.05) is 30.3 Å². The minimum absolute atomic E-state index is 0.0395. The van der Waals surface area contributed by atoms with Crippen LogP contribution in [0.2, 0.25) is 10.0 Å². The van der Waals surface area contributed by atoms with E-state index < -0.39 is 10.0 Å². The maximum atomic E-state index is 12.6. The lowest BCUT2D eigenvalue weighted by molar-refractivity contribution is -0.125. The first-order valence-corrected chi connectivity index (χ1v) is 12.6. The second kappa shape index (κ2) is 11.0. The summed E-state index contributed by atoms with van der Waals surface area (Å²) in [6.45, 7) is 0.612. The number of carbonyl (C=O) groups is 2. The van der Waals surface area contributed by atoms with Crippen molar-refractivity contribution in [1.29, 1.82) is 0 Å². The quantitative estimate of drug-likeness (QED) is 0.474. The molecule has 0 aliphatic heterocycles. The molecule has 0 bridgehead atoms. The van der Waals surface area contributed by atoms with Crippen molar-refractivity contribution in [2.45, 2.75) is 37.0 Å². The molecule has 0 heterocycles. The van der Waals surface area contributed by atoms with Crippen LogP contribution in [0, 0.1) is 5.92 Å².